The summed E-state index contributed by atoms with van der Waals surface area (Å²) in [5.74, 6) is 0.179. The molecule has 2 N–H and O–H groups in total. The second kappa shape index (κ2) is 4.81. The Labute approximate surface area is 109 Å². The van der Waals surface area contributed by atoms with Crippen molar-refractivity contribution in [2.75, 3.05) is 18.1 Å². The van der Waals surface area contributed by atoms with E-state index in [1.54, 1.807) is 11.8 Å². The minimum Gasteiger partial charge on any atom is -0.338 e. The zero-order valence-electron chi connectivity index (χ0n) is 10.9. The van der Waals surface area contributed by atoms with Gasteiger partial charge in [-0.1, -0.05) is 12.8 Å². The van der Waals surface area contributed by atoms with Crippen molar-refractivity contribution in [1.29, 1.82) is 0 Å². The molecule has 0 aromatic heterocycles. The molecule has 0 aromatic rings. The fourth-order valence-electron chi connectivity index (χ4n) is 3.03. The molecule has 2 rings (SSSR count). The Balaban J connectivity index is 1.97. The smallest absolute Gasteiger partial charge is 0.224 e. The number of amides is 1. The van der Waals surface area contributed by atoms with Gasteiger partial charge in [-0.15, -0.1) is 0 Å². The molecule has 1 atom stereocenters. The highest BCUT2D eigenvalue weighted by molar-refractivity contribution is 7.91. The highest BCUT2D eigenvalue weighted by Crippen LogP contribution is 2.31. The number of rotatable bonds is 2. The lowest BCUT2D eigenvalue weighted by molar-refractivity contribution is -0.134. The maximum atomic E-state index is 12.2. The zero-order chi connectivity index (χ0) is 13.4. The topological polar surface area (TPSA) is 80.5 Å². The molecule has 2 aliphatic rings. The van der Waals surface area contributed by atoms with E-state index in [9.17, 15) is 13.2 Å². The van der Waals surface area contributed by atoms with Crippen molar-refractivity contribution in [3.63, 3.8) is 0 Å². The molecule has 5 nitrogen and oxygen atoms in total. The highest BCUT2D eigenvalue weighted by atomic mass is 32.2. The van der Waals surface area contributed by atoms with Gasteiger partial charge in [0.1, 0.15) is 0 Å². The van der Waals surface area contributed by atoms with Crippen LogP contribution < -0.4 is 5.73 Å². The van der Waals surface area contributed by atoms with Gasteiger partial charge in [-0.3, -0.25) is 4.79 Å². The Kier molecular flexibility index (Phi) is 3.69. The quantitative estimate of drug-likeness (QED) is 0.785. The van der Waals surface area contributed by atoms with E-state index in [0.29, 0.717) is 13.0 Å². The van der Waals surface area contributed by atoms with Gasteiger partial charge in [0.05, 0.1) is 11.5 Å². The van der Waals surface area contributed by atoms with E-state index in [1.165, 1.54) is 0 Å². The molecule has 104 valence electrons. The highest BCUT2D eigenvalue weighted by Gasteiger charge is 2.37. The van der Waals surface area contributed by atoms with E-state index in [0.717, 1.165) is 25.7 Å². The second-order valence-corrected chi connectivity index (χ2v) is 8.03. The molecule has 2 fully saturated rings. The van der Waals surface area contributed by atoms with Crippen molar-refractivity contribution in [3.05, 3.63) is 0 Å². The Bertz CT molecular complexity index is 427. The maximum Gasteiger partial charge on any atom is 0.224 e. The molecule has 0 radical (unpaired) electrons. The Morgan fingerprint density at radius 2 is 2.00 bits per heavy atom. The molecular formula is C12H22N2O3S. The van der Waals surface area contributed by atoms with Crippen molar-refractivity contribution in [2.45, 2.75) is 50.6 Å². The summed E-state index contributed by atoms with van der Waals surface area (Å²) in [4.78, 5) is 13.9. The van der Waals surface area contributed by atoms with Gasteiger partial charge in [0, 0.05) is 24.5 Å². The maximum absolute atomic E-state index is 12.2. The fourth-order valence-corrected chi connectivity index (χ4v) is 4.58. The van der Waals surface area contributed by atoms with Crippen LogP contribution in [0, 0.1) is 0 Å². The fraction of sp³-hybridized carbons (Fsp3) is 0.917. The van der Waals surface area contributed by atoms with Crippen LogP contribution >= 0.6 is 0 Å². The largest absolute Gasteiger partial charge is 0.338 e. The number of carbonyl (C=O) groups excluding carboxylic acids is 1. The molecule has 1 saturated carbocycles. The van der Waals surface area contributed by atoms with Gasteiger partial charge in [-0.2, -0.15) is 0 Å². The van der Waals surface area contributed by atoms with Crippen LogP contribution in [0.25, 0.3) is 0 Å². The molecule has 18 heavy (non-hydrogen) atoms. The van der Waals surface area contributed by atoms with E-state index >= 15 is 0 Å². The zero-order valence-corrected chi connectivity index (χ0v) is 11.7. The van der Waals surface area contributed by atoms with Gasteiger partial charge in [-0.25, -0.2) is 8.42 Å². The first-order chi connectivity index (χ1) is 8.31. The SMILES string of the molecule is CC1CS(=O)(=O)CCN1C(=O)CC1(N)CCCC1. The molecule has 0 bridgehead atoms. The number of nitrogens with zero attached hydrogens (tertiary/aromatic N) is 1. The van der Waals surface area contributed by atoms with Gasteiger partial charge in [0.2, 0.25) is 5.91 Å². The lowest BCUT2D eigenvalue weighted by Crippen LogP contribution is -2.52. The van der Waals surface area contributed by atoms with Crippen molar-refractivity contribution >= 4 is 15.7 Å². The van der Waals surface area contributed by atoms with E-state index in [2.05, 4.69) is 0 Å². The molecule has 0 aromatic carbocycles. The Morgan fingerprint density at radius 3 is 2.56 bits per heavy atom. The molecule has 1 aliphatic carbocycles. The lowest BCUT2D eigenvalue weighted by Gasteiger charge is -2.35. The molecule has 0 spiro atoms. The molecule has 1 amide bonds. The molecule has 6 heteroatoms. The number of hydrogen-bond donors (Lipinski definition) is 1. The van der Waals surface area contributed by atoms with E-state index < -0.39 is 9.84 Å². The van der Waals surface area contributed by atoms with Crippen molar-refractivity contribution in [1.82, 2.24) is 4.90 Å². The first-order valence-electron chi connectivity index (χ1n) is 6.60. The summed E-state index contributed by atoms with van der Waals surface area (Å²) in [6, 6.07) is -0.221. The van der Waals surface area contributed by atoms with Gasteiger partial charge in [0.25, 0.3) is 0 Å². The summed E-state index contributed by atoms with van der Waals surface area (Å²) in [6.45, 7) is 2.12. The van der Waals surface area contributed by atoms with Crippen LogP contribution in [0.15, 0.2) is 0 Å². The van der Waals surface area contributed by atoms with Crippen LogP contribution in [-0.4, -0.2) is 48.9 Å². The summed E-state index contributed by atoms with van der Waals surface area (Å²) in [5, 5.41) is 0. The minimum atomic E-state index is -2.97. The van der Waals surface area contributed by atoms with Crippen LogP contribution in [0.2, 0.25) is 0 Å². The van der Waals surface area contributed by atoms with Gasteiger partial charge in [-0.05, 0) is 19.8 Å². The van der Waals surface area contributed by atoms with Crippen LogP contribution in [-0.2, 0) is 14.6 Å². The predicted octanol–water partition coefficient (Wildman–Crippen LogP) is 0.294. The normalized spacial score (nSPS) is 30.3. The predicted molar refractivity (Wildman–Crippen MR) is 69.8 cm³/mol. The van der Waals surface area contributed by atoms with E-state index in [1.807, 2.05) is 0 Å². The van der Waals surface area contributed by atoms with E-state index in [4.69, 9.17) is 5.73 Å². The average molecular weight is 274 g/mol. The standard InChI is InChI=1S/C12H22N2O3S/c1-10-9-18(16,17)7-6-14(10)11(15)8-12(13)4-2-3-5-12/h10H,2-9,13H2,1H3. The molecule has 1 aliphatic heterocycles. The third-order valence-electron chi connectivity index (χ3n) is 4.09. The summed E-state index contributed by atoms with van der Waals surface area (Å²) in [5.41, 5.74) is 5.85. The molecular weight excluding hydrogens is 252 g/mol. The summed E-state index contributed by atoms with van der Waals surface area (Å²) >= 11 is 0. The Morgan fingerprint density at radius 1 is 1.39 bits per heavy atom. The van der Waals surface area contributed by atoms with Gasteiger partial charge in [0.15, 0.2) is 9.84 Å². The summed E-state index contributed by atoms with van der Waals surface area (Å²) < 4.78 is 22.9. The second-order valence-electron chi connectivity index (χ2n) is 5.80. The first kappa shape index (κ1) is 13.8. The van der Waals surface area contributed by atoms with Crippen LogP contribution in [0.1, 0.15) is 39.0 Å². The average Bonchev–Trinajstić information content (AvgIpc) is 2.62. The number of hydrogen-bond acceptors (Lipinski definition) is 4. The monoisotopic (exact) mass is 274 g/mol. The van der Waals surface area contributed by atoms with Crippen molar-refractivity contribution < 1.29 is 13.2 Å². The summed E-state index contributed by atoms with van der Waals surface area (Å²) in [7, 11) is -2.97. The Hall–Kier alpha value is -0.620. The van der Waals surface area contributed by atoms with E-state index in [-0.39, 0.29) is 29.0 Å². The van der Waals surface area contributed by atoms with Gasteiger partial charge >= 0.3 is 0 Å². The first-order valence-corrected chi connectivity index (χ1v) is 8.42. The third-order valence-corrected chi connectivity index (χ3v) is 5.89. The van der Waals surface area contributed by atoms with Crippen molar-refractivity contribution in [3.8, 4) is 0 Å². The number of sulfone groups is 1. The van der Waals surface area contributed by atoms with Crippen LogP contribution in [0.5, 0.6) is 0 Å². The van der Waals surface area contributed by atoms with Crippen LogP contribution in [0.4, 0.5) is 0 Å². The molecule has 1 unspecified atom stereocenters. The number of nitrogens with two attached hydrogens (primary N) is 1. The molecule has 1 heterocycles. The summed E-state index contributed by atoms with van der Waals surface area (Å²) in [6.07, 6.45) is 4.34. The molecule has 1 saturated heterocycles. The number of carbonyl (C=O) groups is 1. The van der Waals surface area contributed by atoms with Gasteiger partial charge < -0.3 is 10.6 Å². The third kappa shape index (κ3) is 3.03. The van der Waals surface area contributed by atoms with Crippen molar-refractivity contribution in [2.24, 2.45) is 5.73 Å². The van der Waals surface area contributed by atoms with Crippen LogP contribution in [0.3, 0.4) is 0 Å². The lowest BCUT2D eigenvalue weighted by atomic mass is 9.94. The minimum absolute atomic E-state index is 0.0156.